The van der Waals surface area contributed by atoms with Gasteiger partial charge in [-0.05, 0) is 52.2 Å². The molecule has 0 saturated carbocycles. The van der Waals surface area contributed by atoms with E-state index in [0.717, 1.165) is 11.1 Å². The molecule has 2 aromatic carbocycles. The first-order valence-electron chi connectivity index (χ1n) is 7.17. The maximum absolute atomic E-state index is 11.7. The molecular weight excluding hydrogens is 392 g/mol. The van der Waals surface area contributed by atoms with Crippen LogP contribution in [0.2, 0.25) is 5.02 Å². The Morgan fingerprint density at radius 2 is 2.04 bits per heavy atom. The third-order valence-corrected chi connectivity index (χ3v) is 3.76. The van der Waals surface area contributed by atoms with Gasteiger partial charge in [0.1, 0.15) is 5.75 Å². The van der Waals surface area contributed by atoms with Gasteiger partial charge in [-0.25, -0.2) is 5.43 Å². The highest BCUT2D eigenvalue weighted by Gasteiger charge is 2.05. The molecule has 4 nitrogen and oxygen atoms in total. The van der Waals surface area contributed by atoms with Crippen molar-refractivity contribution >= 4 is 45.7 Å². The van der Waals surface area contributed by atoms with Gasteiger partial charge in [-0.2, -0.15) is 5.10 Å². The Hall–Kier alpha value is -2.11. The van der Waals surface area contributed by atoms with E-state index in [4.69, 9.17) is 16.3 Å². The van der Waals surface area contributed by atoms with Crippen LogP contribution in [0.3, 0.4) is 0 Å². The molecule has 124 valence electrons. The number of benzene rings is 2. The zero-order valence-corrected chi connectivity index (χ0v) is 15.3. The predicted molar refractivity (Wildman–Crippen MR) is 101 cm³/mol. The van der Waals surface area contributed by atoms with Crippen molar-refractivity contribution in [3.8, 4) is 5.75 Å². The summed E-state index contributed by atoms with van der Waals surface area (Å²) >= 11 is 9.17. The van der Waals surface area contributed by atoms with Crippen molar-refractivity contribution < 1.29 is 9.53 Å². The highest BCUT2D eigenvalue weighted by atomic mass is 79.9. The first-order chi connectivity index (χ1) is 11.5. The molecule has 0 fully saturated rings. The molecule has 0 aliphatic carbocycles. The number of hydrogen-bond donors (Lipinski definition) is 1. The number of nitrogens with one attached hydrogen (secondary N) is 1. The van der Waals surface area contributed by atoms with Crippen LogP contribution in [-0.2, 0) is 4.79 Å². The van der Waals surface area contributed by atoms with Gasteiger partial charge in [0.05, 0.1) is 10.7 Å². The van der Waals surface area contributed by atoms with Crippen LogP contribution in [0.4, 0.5) is 0 Å². The minimum atomic E-state index is -0.347. The molecule has 0 unspecified atom stereocenters. The second-order valence-electron chi connectivity index (χ2n) is 4.96. The molecule has 6 heteroatoms. The summed E-state index contributed by atoms with van der Waals surface area (Å²) in [4.78, 5) is 11.7. The van der Waals surface area contributed by atoms with E-state index in [9.17, 15) is 4.79 Å². The van der Waals surface area contributed by atoms with Crippen molar-refractivity contribution in [3.63, 3.8) is 0 Å². The summed E-state index contributed by atoms with van der Waals surface area (Å²) in [6, 6.07) is 15.0. The van der Waals surface area contributed by atoms with Gasteiger partial charge < -0.3 is 4.74 Å². The van der Waals surface area contributed by atoms with E-state index in [1.165, 1.54) is 0 Å². The molecule has 0 saturated heterocycles. The van der Waals surface area contributed by atoms with Gasteiger partial charge in [-0.1, -0.05) is 48.0 Å². The fourth-order valence-corrected chi connectivity index (χ4v) is 2.62. The van der Waals surface area contributed by atoms with Crippen LogP contribution >= 0.6 is 27.5 Å². The van der Waals surface area contributed by atoms with Crippen LogP contribution in [0.15, 0.2) is 63.7 Å². The van der Waals surface area contributed by atoms with Gasteiger partial charge in [-0.15, -0.1) is 0 Å². The number of hydrogen-bond acceptors (Lipinski definition) is 3. The molecule has 0 aromatic heterocycles. The first-order valence-corrected chi connectivity index (χ1v) is 8.35. The number of allylic oxidation sites excluding steroid dienone is 1. The second-order valence-corrected chi connectivity index (χ2v) is 6.25. The topological polar surface area (TPSA) is 50.7 Å². The summed E-state index contributed by atoms with van der Waals surface area (Å²) in [6.45, 7) is 1.77. The molecule has 0 radical (unpaired) electrons. The Morgan fingerprint density at radius 3 is 2.75 bits per heavy atom. The molecule has 2 aromatic rings. The largest absolute Gasteiger partial charge is 0.483 e. The number of halogens is 2. The Labute approximate surface area is 154 Å². The van der Waals surface area contributed by atoms with Crippen LogP contribution in [0.5, 0.6) is 5.75 Å². The number of nitrogens with zero attached hydrogens (tertiary/aromatic N) is 1. The van der Waals surface area contributed by atoms with E-state index in [-0.39, 0.29) is 12.5 Å². The number of carbonyl (C=O) groups excluding carboxylic acids is 1. The maximum Gasteiger partial charge on any atom is 0.277 e. The quantitative estimate of drug-likeness (QED) is 0.558. The zero-order valence-electron chi connectivity index (χ0n) is 13.0. The van der Waals surface area contributed by atoms with Crippen molar-refractivity contribution in [2.75, 3.05) is 6.61 Å². The third kappa shape index (κ3) is 6.18. The molecule has 2 rings (SSSR count). The summed E-state index contributed by atoms with van der Waals surface area (Å²) in [7, 11) is 0. The number of hydrazone groups is 1. The van der Waals surface area contributed by atoms with Gasteiger partial charge in [-0.3, -0.25) is 4.79 Å². The minimum Gasteiger partial charge on any atom is -0.483 e. The van der Waals surface area contributed by atoms with Gasteiger partial charge in [0, 0.05) is 5.02 Å². The lowest BCUT2D eigenvalue weighted by Gasteiger charge is -2.07. The monoisotopic (exact) mass is 406 g/mol. The standard InChI is InChI=1S/C18H16BrClN2O2/c1-13(9-14-5-3-2-4-6-14)11-21-22-18(23)12-24-17-8-7-15(20)10-16(17)19/h2-11H,12H2,1H3,(H,22,23)/b13-9?,21-11-. The minimum absolute atomic E-state index is 0.140. The lowest BCUT2D eigenvalue weighted by molar-refractivity contribution is -0.123. The van der Waals surface area contributed by atoms with Gasteiger partial charge in [0.25, 0.3) is 5.91 Å². The maximum atomic E-state index is 11.7. The molecule has 0 spiro atoms. The van der Waals surface area contributed by atoms with E-state index in [2.05, 4.69) is 26.5 Å². The fourth-order valence-electron chi connectivity index (χ4n) is 1.82. The lowest BCUT2D eigenvalue weighted by atomic mass is 10.1. The Kier molecular flexibility index (Phi) is 7.03. The molecule has 0 aliphatic heterocycles. The SMILES string of the molecule is CC(=Cc1ccccc1)/C=N\NC(=O)COc1ccc(Cl)cc1Br. The molecule has 0 atom stereocenters. The molecule has 0 heterocycles. The number of rotatable bonds is 6. The zero-order chi connectivity index (χ0) is 17.4. The third-order valence-electron chi connectivity index (χ3n) is 2.90. The van der Waals surface area contributed by atoms with Crippen molar-refractivity contribution in [2.45, 2.75) is 6.92 Å². The number of amides is 1. The van der Waals surface area contributed by atoms with Gasteiger partial charge in [0.15, 0.2) is 6.61 Å². The van der Waals surface area contributed by atoms with E-state index < -0.39 is 0 Å². The van der Waals surface area contributed by atoms with E-state index in [1.807, 2.05) is 43.3 Å². The number of carbonyl (C=O) groups is 1. The summed E-state index contributed by atoms with van der Waals surface area (Å²) in [5.74, 6) is 0.194. The van der Waals surface area contributed by atoms with Crippen LogP contribution < -0.4 is 10.2 Å². The molecule has 0 bridgehead atoms. The smallest absolute Gasteiger partial charge is 0.277 e. The van der Waals surface area contributed by atoms with Crippen molar-refractivity contribution in [1.29, 1.82) is 0 Å². The molecule has 0 aliphatic rings. The average Bonchev–Trinajstić information content (AvgIpc) is 2.55. The molecule has 1 N–H and O–H groups in total. The average molecular weight is 408 g/mol. The van der Waals surface area contributed by atoms with Crippen LogP contribution in [0.1, 0.15) is 12.5 Å². The number of ether oxygens (including phenoxy) is 1. The van der Waals surface area contributed by atoms with Crippen molar-refractivity contribution in [2.24, 2.45) is 5.10 Å². The summed E-state index contributed by atoms with van der Waals surface area (Å²) < 4.78 is 6.09. The molecule has 24 heavy (non-hydrogen) atoms. The Bertz CT molecular complexity index is 761. The summed E-state index contributed by atoms with van der Waals surface area (Å²) in [6.07, 6.45) is 3.56. The predicted octanol–water partition coefficient (Wildman–Crippen LogP) is 4.69. The second kappa shape index (κ2) is 9.25. The first kappa shape index (κ1) is 18.2. The molecule has 1 amide bonds. The Morgan fingerprint density at radius 1 is 1.29 bits per heavy atom. The van der Waals surface area contributed by atoms with Crippen molar-refractivity contribution in [3.05, 3.63) is 69.2 Å². The Balaban J connectivity index is 1.81. The van der Waals surface area contributed by atoms with Crippen LogP contribution in [-0.4, -0.2) is 18.7 Å². The van der Waals surface area contributed by atoms with Gasteiger partial charge >= 0.3 is 0 Å². The fraction of sp³-hybridized carbons (Fsp3) is 0.111. The van der Waals surface area contributed by atoms with Crippen LogP contribution in [0, 0.1) is 0 Å². The van der Waals surface area contributed by atoms with Crippen LogP contribution in [0.25, 0.3) is 6.08 Å². The van der Waals surface area contributed by atoms with E-state index in [1.54, 1.807) is 24.4 Å². The lowest BCUT2D eigenvalue weighted by Crippen LogP contribution is -2.24. The van der Waals surface area contributed by atoms with Crippen molar-refractivity contribution in [1.82, 2.24) is 5.43 Å². The highest BCUT2D eigenvalue weighted by molar-refractivity contribution is 9.10. The highest BCUT2D eigenvalue weighted by Crippen LogP contribution is 2.27. The van der Waals surface area contributed by atoms with E-state index in [0.29, 0.717) is 15.2 Å². The van der Waals surface area contributed by atoms with E-state index >= 15 is 0 Å². The molecular formula is C18H16BrClN2O2. The summed E-state index contributed by atoms with van der Waals surface area (Å²) in [5.41, 5.74) is 4.42. The van der Waals surface area contributed by atoms with Gasteiger partial charge in [0.2, 0.25) is 0 Å². The summed E-state index contributed by atoms with van der Waals surface area (Å²) in [5, 5.41) is 4.50. The normalized spacial score (nSPS) is 11.5.